The molecule has 3 rings (SSSR count). The molecule has 0 aromatic heterocycles. The van der Waals surface area contributed by atoms with Gasteiger partial charge in [-0.05, 0) is 65.9 Å². The van der Waals surface area contributed by atoms with Gasteiger partial charge in [0.1, 0.15) is 5.75 Å². The van der Waals surface area contributed by atoms with Gasteiger partial charge in [-0.15, -0.1) is 0 Å². The van der Waals surface area contributed by atoms with Gasteiger partial charge in [0.15, 0.2) is 0 Å². The van der Waals surface area contributed by atoms with E-state index in [-0.39, 0.29) is 18.4 Å². The molecule has 0 aliphatic heterocycles. The van der Waals surface area contributed by atoms with Gasteiger partial charge in [0.25, 0.3) is 0 Å². The van der Waals surface area contributed by atoms with Crippen molar-refractivity contribution in [2.24, 2.45) is 0 Å². The van der Waals surface area contributed by atoms with Gasteiger partial charge in [-0.3, -0.25) is 4.90 Å². The van der Waals surface area contributed by atoms with Crippen LogP contribution in [0.25, 0.3) is 17.2 Å². The number of hydrogen-bond donors (Lipinski definition) is 2. The topological polar surface area (TPSA) is 88.1 Å². The molecule has 7 heteroatoms. The zero-order chi connectivity index (χ0) is 25.2. The normalized spacial score (nSPS) is 11.0. The van der Waals surface area contributed by atoms with Crippen LogP contribution >= 0.6 is 0 Å². The summed E-state index contributed by atoms with van der Waals surface area (Å²) in [5.74, 6) is -0.394. The lowest BCUT2D eigenvalue weighted by atomic mass is 10.0. The van der Waals surface area contributed by atoms with Gasteiger partial charge < -0.3 is 19.9 Å². The lowest BCUT2D eigenvalue weighted by Crippen LogP contribution is -2.38. The van der Waals surface area contributed by atoms with Crippen LogP contribution in [-0.2, 0) is 16.0 Å². The summed E-state index contributed by atoms with van der Waals surface area (Å²) < 4.78 is 10.3. The molecule has 0 saturated carbocycles. The predicted molar refractivity (Wildman–Crippen MR) is 138 cm³/mol. The number of amides is 2. The molecule has 0 aliphatic rings. The van der Waals surface area contributed by atoms with Crippen molar-refractivity contribution in [1.29, 1.82) is 0 Å². The average Bonchev–Trinajstić information content (AvgIpc) is 2.88. The second-order valence-electron chi connectivity index (χ2n) is 7.81. The van der Waals surface area contributed by atoms with Crippen LogP contribution in [0.1, 0.15) is 18.1 Å². The van der Waals surface area contributed by atoms with E-state index in [1.165, 1.54) is 6.08 Å². The third-order valence-electron chi connectivity index (χ3n) is 5.44. The van der Waals surface area contributed by atoms with Gasteiger partial charge in [-0.2, -0.15) is 0 Å². The molecule has 3 aromatic rings. The molecule has 0 radical (unpaired) electrons. The number of methoxy groups -OCH3 is 1. The van der Waals surface area contributed by atoms with E-state index in [0.29, 0.717) is 6.54 Å². The third-order valence-corrected chi connectivity index (χ3v) is 5.44. The number of carboxylic acids is 1. The minimum atomic E-state index is -1.10. The largest absolute Gasteiger partial charge is 0.497 e. The quantitative estimate of drug-likeness (QED) is 0.311. The number of urea groups is 1. The second kappa shape index (κ2) is 12.3. The van der Waals surface area contributed by atoms with Crippen LogP contribution in [0, 0.1) is 0 Å². The molecule has 0 aliphatic carbocycles. The van der Waals surface area contributed by atoms with Crippen molar-refractivity contribution in [3.05, 3.63) is 89.7 Å². The van der Waals surface area contributed by atoms with Crippen LogP contribution in [-0.4, -0.2) is 44.4 Å². The van der Waals surface area contributed by atoms with Crippen LogP contribution in [0.3, 0.4) is 0 Å². The molecule has 2 N–H and O–H groups in total. The first-order chi connectivity index (χ1) is 16.9. The standard InChI is InChI=1S/C28H30N2O5/c1-4-35-26(27(31)32)18-21-8-12-22(13-9-21)23-6-5-7-24(19-23)30(2)28(33)29-17-16-20-10-14-25(34-3)15-11-20/h5-15,18-19H,4,16-17H2,1-3H3,(H,29,33)(H,31,32). The monoisotopic (exact) mass is 474 g/mol. The summed E-state index contributed by atoms with van der Waals surface area (Å²) in [5.41, 5.74) is 4.50. The van der Waals surface area contributed by atoms with Crippen molar-refractivity contribution >= 4 is 23.8 Å². The number of ether oxygens (including phenoxy) is 2. The summed E-state index contributed by atoms with van der Waals surface area (Å²) in [4.78, 5) is 25.5. The Morgan fingerprint density at radius 2 is 1.71 bits per heavy atom. The smallest absolute Gasteiger partial charge is 0.371 e. The minimum Gasteiger partial charge on any atom is -0.497 e. The first-order valence-corrected chi connectivity index (χ1v) is 11.3. The van der Waals surface area contributed by atoms with Crippen LogP contribution in [0.2, 0.25) is 0 Å². The molecule has 0 atom stereocenters. The average molecular weight is 475 g/mol. The van der Waals surface area contributed by atoms with Crippen LogP contribution in [0.15, 0.2) is 78.6 Å². The number of carbonyl (C=O) groups excluding carboxylic acids is 1. The zero-order valence-electron chi connectivity index (χ0n) is 20.2. The minimum absolute atomic E-state index is 0.0955. The van der Waals surface area contributed by atoms with E-state index < -0.39 is 5.97 Å². The number of rotatable bonds is 10. The first-order valence-electron chi connectivity index (χ1n) is 11.3. The number of hydrogen-bond acceptors (Lipinski definition) is 4. The number of aliphatic carboxylic acids is 1. The highest BCUT2D eigenvalue weighted by atomic mass is 16.5. The maximum absolute atomic E-state index is 12.7. The molecular weight excluding hydrogens is 444 g/mol. The van der Waals surface area contributed by atoms with E-state index in [1.54, 1.807) is 26.0 Å². The number of carbonyl (C=O) groups is 2. The van der Waals surface area contributed by atoms with E-state index in [9.17, 15) is 14.7 Å². The van der Waals surface area contributed by atoms with E-state index in [2.05, 4.69) is 5.32 Å². The van der Waals surface area contributed by atoms with Gasteiger partial charge in [0, 0.05) is 19.3 Å². The fourth-order valence-corrected chi connectivity index (χ4v) is 3.48. The molecule has 0 unspecified atom stereocenters. The van der Waals surface area contributed by atoms with Gasteiger partial charge in [0.2, 0.25) is 5.76 Å². The Hall–Kier alpha value is -4.26. The highest BCUT2D eigenvalue weighted by Gasteiger charge is 2.12. The van der Waals surface area contributed by atoms with Crippen molar-refractivity contribution in [2.75, 3.05) is 32.2 Å². The molecule has 0 fully saturated rings. The molecule has 0 saturated heterocycles. The Morgan fingerprint density at radius 3 is 2.34 bits per heavy atom. The summed E-state index contributed by atoms with van der Waals surface area (Å²) in [5, 5.41) is 12.2. The van der Waals surface area contributed by atoms with E-state index in [1.807, 2.05) is 72.8 Å². The molecule has 3 aromatic carbocycles. The molecule has 35 heavy (non-hydrogen) atoms. The van der Waals surface area contributed by atoms with Crippen molar-refractivity contribution in [3.63, 3.8) is 0 Å². The Bertz CT molecular complexity index is 1170. The van der Waals surface area contributed by atoms with Crippen molar-refractivity contribution in [1.82, 2.24) is 5.32 Å². The van der Waals surface area contributed by atoms with Gasteiger partial charge in [-0.1, -0.05) is 48.5 Å². The molecule has 0 bridgehead atoms. The number of anilines is 1. The third kappa shape index (κ3) is 7.11. The number of benzene rings is 3. The molecule has 2 amide bonds. The van der Waals surface area contributed by atoms with Crippen molar-refractivity contribution in [2.45, 2.75) is 13.3 Å². The van der Waals surface area contributed by atoms with Crippen LogP contribution < -0.4 is 15.0 Å². The first kappa shape index (κ1) is 25.4. The van der Waals surface area contributed by atoms with Crippen molar-refractivity contribution in [3.8, 4) is 16.9 Å². The number of nitrogens with zero attached hydrogens (tertiary/aromatic N) is 1. The maximum atomic E-state index is 12.7. The van der Waals surface area contributed by atoms with Gasteiger partial charge in [0.05, 0.1) is 13.7 Å². The molecule has 182 valence electrons. The molecular formula is C28H30N2O5. The summed E-state index contributed by atoms with van der Waals surface area (Å²) in [6, 6.07) is 22.8. The van der Waals surface area contributed by atoms with E-state index in [0.717, 1.165) is 40.1 Å². The summed E-state index contributed by atoms with van der Waals surface area (Å²) in [6.45, 7) is 2.54. The maximum Gasteiger partial charge on any atom is 0.371 e. The lowest BCUT2D eigenvalue weighted by Gasteiger charge is -2.19. The summed E-state index contributed by atoms with van der Waals surface area (Å²) >= 11 is 0. The Balaban J connectivity index is 1.63. The fraction of sp³-hybridized carbons (Fsp3) is 0.214. The molecule has 0 heterocycles. The van der Waals surface area contributed by atoms with Gasteiger partial charge >= 0.3 is 12.0 Å². The predicted octanol–water partition coefficient (Wildman–Crippen LogP) is 5.21. The Kier molecular flexibility index (Phi) is 8.89. The van der Waals surface area contributed by atoms with Crippen LogP contribution in [0.4, 0.5) is 10.5 Å². The highest BCUT2D eigenvalue weighted by Crippen LogP contribution is 2.25. The summed E-state index contributed by atoms with van der Waals surface area (Å²) in [7, 11) is 3.37. The molecule has 7 nitrogen and oxygen atoms in total. The Morgan fingerprint density at radius 1 is 1.00 bits per heavy atom. The molecule has 0 spiro atoms. The van der Waals surface area contributed by atoms with E-state index in [4.69, 9.17) is 9.47 Å². The summed E-state index contributed by atoms with van der Waals surface area (Å²) in [6.07, 6.45) is 2.22. The Labute approximate surface area is 205 Å². The number of nitrogens with one attached hydrogen (secondary N) is 1. The fourth-order valence-electron chi connectivity index (χ4n) is 3.48. The lowest BCUT2D eigenvalue weighted by molar-refractivity contribution is -0.136. The SMILES string of the molecule is CCOC(=Cc1ccc(-c2cccc(N(C)C(=O)NCCc3ccc(OC)cc3)c2)cc1)C(=O)O. The number of carboxylic acid groups (broad SMARTS) is 1. The highest BCUT2D eigenvalue weighted by molar-refractivity contribution is 5.92. The van der Waals surface area contributed by atoms with Crippen molar-refractivity contribution < 1.29 is 24.2 Å². The van der Waals surface area contributed by atoms with Gasteiger partial charge in [-0.25, -0.2) is 9.59 Å². The second-order valence-corrected chi connectivity index (χ2v) is 7.81. The van der Waals surface area contributed by atoms with Crippen LogP contribution in [0.5, 0.6) is 5.75 Å². The van der Waals surface area contributed by atoms with E-state index >= 15 is 0 Å². The zero-order valence-corrected chi connectivity index (χ0v) is 20.2.